The van der Waals surface area contributed by atoms with E-state index in [2.05, 4.69) is 17.1 Å². The maximum atomic E-state index is 13.0. The normalized spacial score (nSPS) is 11.0. The van der Waals surface area contributed by atoms with Crippen molar-refractivity contribution in [3.8, 4) is 11.3 Å². The summed E-state index contributed by atoms with van der Waals surface area (Å²) in [6.45, 7) is 6.71. The highest BCUT2D eigenvalue weighted by atomic mass is 16.5. The average Bonchev–Trinajstić information content (AvgIpc) is 3.00. The molecule has 5 nitrogen and oxygen atoms in total. The van der Waals surface area contributed by atoms with Crippen molar-refractivity contribution < 1.29 is 9.32 Å². The molecule has 25 heavy (non-hydrogen) atoms. The first-order chi connectivity index (χ1) is 12.0. The van der Waals surface area contributed by atoms with Gasteiger partial charge in [-0.1, -0.05) is 48.3 Å². The molecule has 2 heterocycles. The van der Waals surface area contributed by atoms with E-state index in [-0.39, 0.29) is 5.91 Å². The number of pyridine rings is 1. The lowest BCUT2D eigenvalue weighted by Crippen LogP contribution is -2.28. The molecule has 0 atom stereocenters. The molecule has 1 aromatic carbocycles. The second-order valence-corrected chi connectivity index (χ2v) is 6.45. The third-order valence-electron chi connectivity index (χ3n) is 4.39. The minimum Gasteiger partial charge on any atom is -0.342 e. The predicted molar refractivity (Wildman–Crippen MR) is 98.6 cm³/mol. The molecule has 0 aliphatic heterocycles. The van der Waals surface area contributed by atoms with E-state index < -0.39 is 0 Å². The van der Waals surface area contributed by atoms with Crippen LogP contribution in [0.25, 0.3) is 22.4 Å². The van der Waals surface area contributed by atoms with Gasteiger partial charge in [-0.15, -0.1) is 0 Å². The van der Waals surface area contributed by atoms with Crippen LogP contribution in [-0.4, -0.2) is 34.5 Å². The molecule has 0 saturated heterocycles. The van der Waals surface area contributed by atoms with Crippen molar-refractivity contribution in [3.05, 3.63) is 47.2 Å². The molecule has 0 aliphatic carbocycles. The van der Waals surface area contributed by atoms with E-state index in [1.54, 1.807) is 4.90 Å². The fourth-order valence-corrected chi connectivity index (χ4v) is 2.84. The minimum absolute atomic E-state index is 0.0273. The summed E-state index contributed by atoms with van der Waals surface area (Å²) >= 11 is 0. The molecule has 130 valence electrons. The Labute approximate surface area is 147 Å². The number of carbonyl (C=O) groups is 1. The number of hydrogen-bond acceptors (Lipinski definition) is 4. The highest BCUT2D eigenvalue weighted by Crippen LogP contribution is 2.28. The lowest BCUT2D eigenvalue weighted by Gasteiger charge is -2.17. The Bertz CT molecular complexity index is 897. The second kappa shape index (κ2) is 7.05. The standard InChI is InChI=1S/C20H23N3O2/c1-5-6-11-23(4)20(24)16-12-17(15-9-7-13(2)8-10-15)21-19-18(16)14(3)22-25-19/h7-10,12H,5-6,11H2,1-4H3. The van der Waals surface area contributed by atoms with Crippen molar-refractivity contribution in [2.75, 3.05) is 13.6 Å². The van der Waals surface area contributed by atoms with E-state index in [0.29, 0.717) is 22.4 Å². The molecule has 0 N–H and O–H groups in total. The zero-order chi connectivity index (χ0) is 18.0. The summed E-state index contributed by atoms with van der Waals surface area (Å²) in [7, 11) is 1.83. The Morgan fingerprint density at radius 2 is 1.92 bits per heavy atom. The summed E-state index contributed by atoms with van der Waals surface area (Å²) < 4.78 is 5.35. The van der Waals surface area contributed by atoms with Crippen LogP contribution in [0.4, 0.5) is 0 Å². The van der Waals surface area contributed by atoms with Crippen LogP contribution in [-0.2, 0) is 0 Å². The molecule has 0 spiro atoms. The van der Waals surface area contributed by atoms with Crippen molar-refractivity contribution >= 4 is 17.0 Å². The van der Waals surface area contributed by atoms with Gasteiger partial charge in [-0.25, -0.2) is 4.98 Å². The monoisotopic (exact) mass is 337 g/mol. The Kier molecular flexibility index (Phi) is 4.83. The minimum atomic E-state index is -0.0273. The van der Waals surface area contributed by atoms with E-state index in [1.165, 1.54) is 5.56 Å². The van der Waals surface area contributed by atoms with Crippen molar-refractivity contribution in [2.24, 2.45) is 0 Å². The summed E-state index contributed by atoms with van der Waals surface area (Å²) in [4.78, 5) is 19.3. The molecule has 0 bridgehead atoms. The van der Waals surface area contributed by atoms with Gasteiger partial charge >= 0.3 is 0 Å². The van der Waals surface area contributed by atoms with E-state index in [9.17, 15) is 4.79 Å². The fourth-order valence-electron chi connectivity index (χ4n) is 2.84. The van der Waals surface area contributed by atoms with E-state index in [0.717, 1.165) is 30.6 Å². The number of nitrogens with zero attached hydrogens (tertiary/aromatic N) is 3. The third kappa shape index (κ3) is 3.40. The molecule has 1 amide bonds. The third-order valence-corrected chi connectivity index (χ3v) is 4.39. The topological polar surface area (TPSA) is 59.2 Å². The van der Waals surface area contributed by atoms with Crippen LogP contribution in [0, 0.1) is 13.8 Å². The zero-order valence-corrected chi connectivity index (χ0v) is 15.2. The van der Waals surface area contributed by atoms with E-state index >= 15 is 0 Å². The molecule has 3 aromatic rings. The molecule has 3 rings (SSSR count). The van der Waals surface area contributed by atoms with Gasteiger partial charge in [0.2, 0.25) is 0 Å². The maximum absolute atomic E-state index is 13.0. The van der Waals surface area contributed by atoms with Gasteiger partial charge in [0.05, 0.1) is 22.3 Å². The quantitative estimate of drug-likeness (QED) is 0.693. The SMILES string of the molecule is CCCCN(C)C(=O)c1cc(-c2ccc(C)cc2)nc2onc(C)c12. The maximum Gasteiger partial charge on any atom is 0.259 e. The first-order valence-corrected chi connectivity index (χ1v) is 8.60. The smallest absolute Gasteiger partial charge is 0.259 e. The van der Waals surface area contributed by atoms with Crippen molar-refractivity contribution in [3.63, 3.8) is 0 Å². The van der Waals surface area contributed by atoms with Gasteiger partial charge < -0.3 is 9.42 Å². The van der Waals surface area contributed by atoms with E-state index in [4.69, 9.17) is 4.52 Å². The molecule has 0 radical (unpaired) electrons. The van der Waals surface area contributed by atoms with Crippen LogP contribution in [0.2, 0.25) is 0 Å². The predicted octanol–water partition coefficient (Wildman–Crippen LogP) is 4.38. The van der Waals surface area contributed by atoms with Crippen LogP contribution >= 0.6 is 0 Å². The highest BCUT2D eigenvalue weighted by Gasteiger charge is 2.21. The van der Waals surface area contributed by atoms with Crippen LogP contribution < -0.4 is 0 Å². The molecule has 0 aliphatic rings. The summed E-state index contributed by atoms with van der Waals surface area (Å²) in [5.74, 6) is -0.0273. The van der Waals surface area contributed by atoms with E-state index in [1.807, 2.05) is 51.2 Å². The Balaban J connectivity index is 2.10. The van der Waals surface area contributed by atoms with Crippen LogP contribution in [0.5, 0.6) is 0 Å². The summed E-state index contributed by atoms with van der Waals surface area (Å²) in [6.07, 6.45) is 2.02. The van der Waals surface area contributed by atoms with Gasteiger partial charge in [-0.2, -0.15) is 0 Å². The van der Waals surface area contributed by atoms with Crippen LogP contribution in [0.1, 0.15) is 41.4 Å². The van der Waals surface area contributed by atoms with Gasteiger partial charge in [0.15, 0.2) is 0 Å². The zero-order valence-electron chi connectivity index (χ0n) is 15.2. The number of benzene rings is 1. The van der Waals surface area contributed by atoms with Gasteiger partial charge in [0.25, 0.3) is 11.6 Å². The number of unbranched alkanes of at least 4 members (excludes halogenated alkanes) is 1. The summed E-state index contributed by atoms with van der Waals surface area (Å²) in [5.41, 5.74) is 4.53. The molecule has 2 aromatic heterocycles. The van der Waals surface area contributed by atoms with Gasteiger partial charge in [-0.3, -0.25) is 4.79 Å². The second-order valence-electron chi connectivity index (χ2n) is 6.45. The Morgan fingerprint density at radius 1 is 1.20 bits per heavy atom. The highest BCUT2D eigenvalue weighted by molar-refractivity contribution is 6.06. The molecule has 5 heteroatoms. The number of aromatic nitrogens is 2. The average molecular weight is 337 g/mol. The summed E-state index contributed by atoms with van der Waals surface area (Å²) in [6, 6.07) is 9.91. The van der Waals surface area contributed by atoms with Crippen molar-refractivity contribution in [2.45, 2.75) is 33.6 Å². The Hall–Kier alpha value is -2.69. The van der Waals surface area contributed by atoms with Gasteiger partial charge in [0, 0.05) is 19.2 Å². The lowest BCUT2D eigenvalue weighted by atomic mass is 10.0. The first-order valence-electron chi connectivity index (χ1n) is 8.60. The first kappa shape index (κ1) is 17.1. The molecular formula is C20H23N3O2. The van der Waals surface area contributed by atoms with Gasteiger partial charge in [0.1, 0.15) is 0 Å². The number of fused-ring (bicyclic) bond motifs is 1. The molecule has 0 saturated carbocycles. The van der Waals surface area contributed by atoms with Crippen LogP contribution in [0.3, 0.4) is 0 Å². The van der Waals surface area contributed by atoms with Crippen molar-refractivity contribution in [1.29, 1.82) is 0 Å². The number of amides is 1. The molecular weight excluding hydrogens is 314 g/mol. The number of rotatable bonds is 5. The molecule has 0 fully saturated rings. The van der Waals surface area contributed by atoms with Gasteiger partial charge in [-0.05, 0) is 26.3 Å². The summed E-state index contributed by atoms with van der Waals surface area (Å²) in [5, 5.41) is 4.70. The lowest BCUT2D eigenvalue weighted by molar-refractivity contribution is 0.0795. The van der Waals surface area contributed by atoms with Crippen LogP contribution in [0.15, 0.2) is 34.9 Å². The number of hydrogen-bond donors (Lipinski definition) is 0. The molecule has 0 unspecified atom stereocenters. The fraction of sp³-hybridized carbons (Fsp3) is 0.350. The number of aryl methyl sites for hydroxylation is 2. The largest absolute Gasteiger partial charge is 0.342 e. The Morgan fingerprint density at radius 3 is 2.60 bits per heavy atom. The number of carbonyl (C=O) groups excluding carboxylic acids is 1. The van der Waals surface area contributed by atoms with Crippen molar-refractivity contribution in [1.82, 2.24) is 15.0 Å².